The Morgan fingerprint density at radius 1 is 1.25 bits per heavy atom. The van der Waals surface area contributed by atoms with Crippen LogP contribution in [0.15, 0.2) is 18.2 Å². The summed E-state index contributed by atoms with van der Waals surface area (Å²) < 4.78 is 14.2. The quantitative estimate of drug-likeness (QED) is 0.897. The van der Waals surface area contributed by atoms with Crippen LogP contribution in [-0.4, -0.2) is 43.7 Å². The van der Waals surface area contributed by atoms with Crippen LogP contribution in [0.2, 0.25) is 0 Å². The third-order valence-corrected chi connectivity index (χ3v) is 3.82. The monoisotopic (exact) mass is 279 g/mol. The Labute approximate surface area is 121 Å². The highest BCUT2D eigenvalue weighted by Gasteiger charge is 2.19. The minimum atomic E-state index is -0.118. The number of hydrogen-bond acceptors (Lipinski definition) is 3. The van der Waals surface area contributed by atoms with Crippen LogP contribution in [0.4, 0.5) is 10.1 Å². The molecule has 112 valence electrons. The topological polar surface area (TPSA) is 32.5 Å². The van der Waals surface area contributed by atoms with Crippen LogP contribution in [-0.2, 0) is 6.42 Å². The average Bonchev–Trinajstić information content (AvgIpc) is 2.40. The van der Waals surface area contributed by atoms with Gasteiger partial charge in [0.25, 0.3) is 0 Å². The van der Waals surface area contributed by atoms with Crippen molar-refractivity contribution in [3.05, 3.63) is 29.6 Å². The van der Waals surface area contributed by atoms with Gasteiger partial charge in [0, 0.05) is 32.2 Å². The average molecular weight is 279 g/mol. The molecule has 20 heavy (non-hydrogen) atoms. The molecule has 0 aliphatic carbocycles. The highest BCUT2D eigenvalue weighted by molar-refractivity contribution is 5.49. The summed E-state index contributed by atoms with van der Waals surface area (Å²) in [4.78, 5) is 4.59. The largest absolute Gasteiger partial charge is 0.367 e. The van der Waals surface area contributed by atoms with E-state index in [4.69, 9.17) is 5.73 Å². The zero-order valence-electron chi connectivity index (χ0n) is 12.6. The van der Waals surface area contributed by atoms with E-state index in [9.17, 15) is 4.39 Å². The van der Waals surface area contributed by atoms with Gasteiger partial charge in [-0.1, -0.05) is 13.0 Å². The van der Waals surface area contributed by atoms with E-state index in [-0.39, 0.29) is 11.9 Å². The molecule has 1 atom stereocenters. The molecule has 3 nitrogen and oxygen atoms in total. The van der Waals surface area contributed by atoms with Gasteiger partial charge in [0.1, 0.15) is 5.82 Å². The van der Waals surface area contributed by atoms with Crippen molar-refractivity contribution >= 4 is 5.69 Å². The second-order valence-corrected chi connectivity index (χ2v) is 5.80. The van der Waals surface area contributed by atoms with Crippen molar-refractivity contribution in [2.45, 2.75) is 32.7 Å². The van der Waals surface area contributed by atoms with Crippen molar-refractivity contribution in [2.75, 3.05) is 37.6 Å². The molecule has 1 unspecified atom stereocenters. The van der Waals surface area contributed by atoms with Crippen LogP contribution in [0.3, 0.4) is 0 Å². The summed E-state index contributed by atoms with van der Waals surface area (Å²) in [5.74, 6) is -0.118. The lowest BCUT2D eigenvalue weighted by molar-refractivity contribution is 0.258. The molecule has 2 N–H and O–H groups in total. The number of piperazine rings is 1. The Kier molecular flexibility index (Phi) is 5.38. The minimum Gasteiger partial charge on any atom is -0.367 e. The molecule has 1 aliphatic rings. The van der Waals surface area contributed by atoms with Crippen molar-refractivity contribution < 1.29 is 4.39 Å². The first-order valence-corrected chi connectivity index (χ1v) is 7.61. The van der Waals surface area contributed by atoms with Gasteiger partial charge in [-0.3, -0.25) is 4.90 Å². The SMILES string of the molecule is CCCN1CCN(c2ccc(CC(C)N)cc2F)CC1. The van der Waals surface area contributed by atoms with Crippen LogP contribution in [0.25, 0.3) is 0 Å². The summed E-state index contributed by atoms with van der Waals surface area (Å²) in [7, 11) is 0. The smallest absolute Gasteiger partial charge is 0.146 e. The molecule has 1 aromatic rings. The fourth-order valence-corrected chi connectivity index (χ4v) is 2.83. The molecule has 0 spiro atoms. The Hall–Kier alpha value is -1.13. The Balaban J connectivity index is 1.99. The number of hydrogen-bond donors (Lipinski definition) is 1. The third kappa shape index (κ3) is 3.93. The summed E-state index contributed by atoms with van der Waals surface area (Å²) >= 11 is 0. The molecule has 4 heteroatoms. The van der Waals surface area contributed by atoms with Gasteiger partial charge in [0.05, 0.1) is 5.69 Å². The number of anilines is 1. The molecule has 1 aliphatic heterocycles. The van der Waals surface area contributed by atoms with Crippen LogP contribution < -0.4 is 10.6 Å². The lowest BCUT2D eigenvalue weighted by Crippen LogP contribution is -2.46. The molecular weight excluding hydrogens is 253 g/mol. The maximum Gasteiger partial charge on any atom is 0.146 e. The van der Waals surface area contributed by atoms with Gasteiger partial charge in [0.2, 0.25) is 0 Å². The Morgan fingerprint density at radius 3 is 2.50 bits per heavy atom. The molecule has 1 heterocycles. The third-order valence-electron chi connectivity index (χ3n) is 3.82. The number of halogens is 1. The second kappa shape index (κ2) is 7.04. The fourth-order valence-electron chi connectivity index (χ4n) is 2.83. The maximum absolute atomic E-state index is 14.2. The second-order valence-electron chi connectivity index (χ2n) is 5.80. The molecule has 1 aromatic carbocycles. The van der Waals surface area contributed by atoms with Gasteiger partial charge >= 0.3 is 0 Å². The van der Waals surface area contributed by atoms with Crippen molar-refractivity contribution in [3.63, 3.8) is 0 Å². The van der Waals surface area contributed by atoms with E-state index >= 15 is 0 Å². The van der Waals surface area contributed by atoms with E-state index in [0.717, 1.165) is 50.4 Å². The summed E-state index contributed by atoms with van der Waals surface area (Å²) in [6.45, 7) is 9.14. The standard InChI is InChI=1S/C16H26FN3/c1-3-6-19-7-9-20(10-8-19)16-5-4-14(11-13(2)18)12-15(16)17/h4-5,12-13H,3,6-11,18H2,1-2H3. The van der Waals surface area contributed by atoms with E-state index in [1.54, 1.807) is 6.07 Å². The van der Waals surface area contributed by atoms with Crippen molar-refractivity contribution in [1.82, 2.24) is 4.90 Å². The maximum atomic E-state index is 14.2. The van der Waals surface area contributed by atoms with E-state index in [2.05, 4.69) is 16.7 Å². The van der Waals surface area contributed by atoms with Gasteiger partial charge in [-0.15, -0.1) is 0 Å². The molecule has 1 fully saturated rings. The normalized spacial score (nSPS) is 18.3. The van der Waals surface area contributed by atoms with Gasteiger partial charge < -0.3 is 10.6 Å². The molecule has 0 aromatic heterocycles. The van der Waals surface area contributed by atoms with Crippen LogP contribution in [0, 0.1) is 5.82 Å². The van der Waals surface area contributed by atoms with Gasteiger partial charge in [-0.2, -0.15) is 0 Å². The number of nitrogens with two attached hydrogens (primary N) is 1. The lowest BCUT2D eigenvalue weighted by atomic mass is 10.1. The summed E-state index contributed by atoms with van der Waals surface area (Å²) in [5.41, 5.74) is 7.47. The molecular formula is C16H26FN3. The van der Waals surface area contributed by atoms with Crippen LogP contribution in [0.1, 0.15) is 25.8 Å². The van der Waals surface area contributed by atoms with Gasteiger partial charge in [-0.25, -0.2) is 4.39 Å². The Morgan fingerprint density at radius 2 is 1.95 bits per heavy atom. The zero-order chi connectivity index (χ0) is 14.5. The lowest BCUT2D eigenvalue weighted by Gasteiger charge is -2.36. The van der Waals surface area contributed by atoms with Gasteiger partial charge in [0.15, 0.2) is 0 Å². The molecule has 0 bridgehead atoms. The number of benzene rings is 1. The molecule has 0 radical (unpaired) electrons. The summed E-state index contributed by atoms with van der Waals surface area (Å²) in [6.07, 6.45) is 1.90. The first-order chi connectivity index (χ1) is 9.60. The summed E-state index contributed by atoms with van der Waals surface area (Å²) in [6, 6.07) is 5.61. The minimum absolute atomic E-state index is 0.0674. The zero-order valence-corrected chi connectivity index (χ0v) is 12.6. The van der Waals surface area contributed by atoms with E-state index < -0.39 is 0 Å². The van der Waals surface area contributed by atoms with Crippen molar-refractivity contribution in [3.8, 4) is 0 Å². The highest BCUT2D eigenvalue weighted by Crippen LogP contribution is 2.22. The van der Waals surface area contributed by atoms with E-state index in [0.29, 0.717) is 0 Å². The van der Waals surface area contributed by atoms with E-state index in [1.807, 2.05) is 19.1 Å². The predicted octanol–water partition coefficient (Wildman–Crippen LogP) is 2.25. The summed E-state index contributed by atoms with van der Waals surface area (Å²) in [5, 5.41) is 0. The van der Waals surface area contributed by atoms with E-state index in [1.165, 1.54) is 6.42 Å². The highest BCUT2D eigenvalue weighted by atomic mass is 19.1. The molecule has 1 saturated heterocycles. The van der Waals surface area contributed by atoms with Gasteiger partial charge in [-0.05, 0) is 44.0 Å². The van der Waals surface area contributed by atoms with Crippen LogP contribution in [0.5, 0.6) is 0 Å². The molecule has 0 saturated carbocycles. The number of nitrogens with zero attached hydrogens (tertiary/aromatic N) is 2. The first-order valence-electron chi connectivity index (χ1n) is 7.61. The van der Waals surface area contributed by atoms with Crippen LogP contribution >= 0.6 is 0 Å². The first kappa shape index (κ1) is 15.3. The Bertz CT molecular complexity index is 426. The molecule has 0 amide bonds. The molecule has 2 rings (SSSR count). The van der Waals surface area contributed by atoms with Crippen molar-refractivity contribution in [1.29, 1.82) is 0 Å². The van der Waals surface area contributed by atoms with Crippen molar-refractivity contribution in [2.24, 2.45) is 5.73 Å². The fraction of sp³-hybridized carbons (Fsp3) is 0.625. The number of rotatable bonds is 5. The predicted molar refractivity (Wildman–Crippen MR) is 82.7 cm³/mol.